The Morgan fingerprint density at radius 2 is 1.62 bits per heavy atom. The van der Waals surface area contributed by atoms with Gasteiger partial charge in [-0.3, -0.25) is 14.9 Å². The smallest absolute Gasteiger partial charge is 0.335 e. The zero-order valence-corrected chi connectivity index (χ0v) is 16.6. The van der Waals surface area contributed by atoms with Gasteiger partial charge in [0, 0.05) is 17.2 Å². The first-order chi connectivity index (χ1) is 15.4. The Morgan fingerprint density at radius 3 is 2.22 bits per heavy atom. The number of nitro groups is 1. The lowest BCUT2D eigenvalue weighted by molar-refractivity contribution is -0.385. The van der Waals surface area contributed by atoms with E-state index in [0.29, 0.717) is 16.8 Å². The average Bonchev–Trinajstić information content (AvgIpc) is 3.27. The molecule has 0 fully saturated rings. The third-order valence-corrected chi connectivity index (χ3v) is 4.96. The van der Waals surface area contributed by atoms with Gasteiger partial charge in [0.1, 0.15) is 12.0 Å². The SMILES string of the molecule is O=Cc1ccc(-c2ccc(-c3cn(Cc4ccc(C(=O)O)cc4[N+](=O)[O-])nn3)cc2)cc1. The van der Waals surface area contributed by atoms with E-state index in [4.69, 9.17) is 5.11 Å². The number of carbonyl (C=O) groups excluding carboxylic acids is 1. The molecule has 0 bridgehead atoms. The highest BCUT2D eigenvalue weighted by Gasteiger charge is 2.18. The molecule has 0 atom stereocenters. The van der Waals surface area contributed by atoms with Gasteiger partial charge in [0.05, 0.1) is 28.8 Å². The molecule has 0 aliphatic carbocycles. The Morgan fingerprint density at radius 1 is 1.00 bits per heavy atom. The molecule has 4 rings (SSSR count). The summed E-state index contributed by atoms with van der Waals surface area (Å²) in [6, 6.07) is 18.7. The highest BCUT2D eigenvalue weighted by Crippen LogP contribution is 2.25. The molecule has 1 heterocycles. The van der Waals surface area contributed by atoms with E-state index in [0.717, 1.165) is 29.0 Å². The van der Waals surface area contributed by atoms with Gasteiger partial charge in [0.2, 0.25) is 0 Å². The minimum Gasteiger partial charge on any atom is -0.478 e. The van der Waals surface area contributed by atoms with E-state index >= 15 is 0 Å². The zero-order chi connectivity index (χ0) is 22.7. The first-order valence-corrected chi connectivity index (χ1v) is 9.51. The second kappa shape index (κ2) is 8.60. The molecule has 9 heteroatoms. The summed E-state index contributed by atoms with van der Waals surface area (Å²) in [7, 11) is 0. The van der Waals surface area contributed by atoms with Gasteiger partial charge in [-0.25, -0.2) is 9.48 Å². The van der Waals surface area contributed by atoms with E-state index in [2.05, 4.69) is 10.3 Å². The standard InChI is InChI=1S/C23H16N4O5/c28-14-15-1-3-16(4-2-15)17-5-7-18(8-6-17)21-13-26(25-24-21)12-20-10-9-19(23(29)30)11-22(20)27(31)32/h1-11,13-14H,12H2,(H,29,30). The lowest BCUT2D eigenvalue weighted by atomic mass is 10.0. The van der Waals surface area contributed by atoms with Crippen LogP contribution >= 0.6 is 0 Å². The Hall–Kier alpha value is -4.66. The highest BCUT2D eigenvalue weighted by atomic mass is 16.6. The normalized spacial score (nSPS) is 10.6. The molecular formula is C23H16N4O5. The molecule has 4 aromatic rings. The summed E-state index contributed by atoms with van der Waals surface area (Å²) in [4.78, 5) is 32.6. The van der Waals surface area contributed by atoms with Gasteiger partial charge < -0.3 is 5.11 Å². The van der Waals surface area contributed by atoms with Crippen molar-refractivity contribution in [3.05, 3.63) is 99.7 Å². The molecule has 9 nitrogen and oxygen atoms in total. The van der Waals surface area contributed by atoms with Crippen molar-refractivity contribution < 1.29 is 19.6 Å². The molecule has 1 N–H and O–H groups in total. The van der Waals surface area contributed by atoms with Crippen LogP contribution in [-0.2, 0) is 6.54 Å². The van der Waals surface area contributed by atoms with Crippen molar-refractivity contribution in [1.82, 2.24) is 15.0 Å². The van der Waals surface area contributed by atoms with Crippen LogP contribution in [0.15, 0.2) is 72.9 Å². The van der Waals surface area contributed by atoms with E-state index < -0.39 is 10.9 Å². The minimum atomic E-state index is -1.23. The summed E-state index contributed by atoms with van der Waals surface area (Å²) >= 11 is 0. The fraction of sp³-hybridized carbons (Fsp3) is 0.0435. The maximum atomic E-state index is 11.3. The second-order valence-corrected chi connectivity index (χ2v) is 7.02. The molecule has 0 spiro atoms. The fourth-order valence-electron chi connectivity index (χ4n) is 3.27. The zero-order valence-electron chi connectivity index (χ0n) is 16.6. The summed E-state index contributed by atoms with van der Waals surface area (Å²) in [5.74, 6) is -1.23. The Balaban J connectivity index is 1.54. The van der Waals surface area contributed by atoms with Crippen molar-refractivity contribution in [2.24, 2.45) is 0 Å². The van der Waals surface area contributed by atoms with E-state index in [1.54, 1.807) is 18.3 Å². The van der Waals surface area contributed by atoms with Crippen molar-refractivity contribution in [1.29, 1.82) is 0 Å². The number of nitrogens with zero attached hydrogens (tertiary/aromatic N) is 4. The molecular weight excluding hydrogens is 412 g/mol. The number of aldehydes is 1. The number of aromatic nitrogens is 3. The summed E-state index contributed by atoms with van der Waals surface area (Å²) in [6.45, 7) is 0.0738. The first kappa shape index (κ1) is 20.6. The molecule has 0 amide bonds. The van der Waals surface area contributed by atoms with Crippen molar-refractivity contribution in [2.45, 2.75) is 6.54 Å². The predicted molar refractivity (Wildman–Crippen MR) is 115 cm³/mol. The van der Waals surface area contributed by atoms with Crippen LogP contribution in [0.25, 0.3) is 22.4 Å². The van der Waals surface area contributed by atoms with Gasteiger partial charge in [0.15, 0.2) is 0 Å². The van der Waals surface area contributed by atoms with Gasteiger partial charge in [-0.05, 0) is 23.3 Å². The summed E-state index contributed by atoms with van der Waals surface area (Å²) in [5, 5.41) is 28.6. The largest absolute Gasteiger partial charge is 0.478 e. The van der Waals surface area contributed by atoms with Crippen molar-refractivity contribution >= 4 is 17.9 Å². The van der Waals surface area contributed by atoms with E-state index in [-0.39, 0.29) is 17.8 Å². The number of aromatic carboxylic acids is 1. The number of carboxylic acids is 1. The number of carboxylic acid groups (broad SMARTS) is 1. The number of carbonyl (C=O) groups is 2. The minimum absolute atomic E-state index is 0.0738. The Labute approximate surface area is 181 Å². The molecule has 158 valence electrons. The number of hydrogen-bond acceptors (Lipinski definition) is 6. The third kappa shape index (κ3) is 4.26. The van der Waals surface area contributed by atoms with Gasteiger partial charge in [-0.2, -0.15) is 0 Å². The van der Waals surface area contributed by atoms with Crippen LogP contribution in [0.3, 0.4) is 0 Å². The fourth-order valence-corrected chi connectivity index (χ4v) is 3.27. The van der Waals surface area contributed by atoms with Crippen LogP contribution in [0.5, 0.6) is 0 Å². The molecule has 0 saturated heterocycles. The summed E-state index contributed by atoms with van der Waals surface area (Å²) in [6.07, 6.45) is 2.47. The maximum Gasteiger partial charge on any atom is 0.335 e. The molecule has 0 unspecified atom stereocenters. The first-order valence-electron chi connectivity index (χ1n) is 9.51. The predicted octanol–water partition coefficient (Wildman–Crippen LogP) is 4.08. The number of rotatable bonds is 7. The van der Waals surface area contributed by atoms with Crippen molar-refractivity contribution in [3.63, 3.8) is 0 Å². The van der Waals surface area contributed by atoms with Gasteiger partial charge in [0.25, 0.3) is 5.69 Å². The monoisotopic (exact) mass is 428 g/mol. The molecule has 32 heavy (non-hydrogen) atoms. The van der Waals surface area contributed by atoms with Crippen LogP contribution in [0.4, 0.5) is 5.69 Å². The maximum absolute atomic E-state index is 11.3. The number of hydrogen-bond donors (Lipinski definition) is 1. The number of nitro benzene ring substituents is 1. The summed E-state index contributed by atoms with van der Waals surface area (Å²) < 4.78 is 1.46. The Kier molecular flexibility index (Phi) is 5.54. The quantitative estimate of drug-likeness (QED) is 0.267. The molecule has 3 aromatic carbocycles. The van der Waals surface area contributed by atoms with Crippen LogP contribution in [-0.4, -0.2) is 37.3 Å². The van der Waals surface area contributed by atoms with Crippen LogP contribution < -0.4 is 0 Å². The van der Waals surface area contributed by atoms with Gasteiger partial charge >= 0.3 is 5.97 Å². The number of benzene rings is 3. The molecule has 0 radical (unpaired) electrons. The third-order valence-electron chi connectivity index (χ3n) is 4.96. The van der Waals surface area contributed by atoms with E-state index in [9.17, 15) is 19.7 Å². The summed E-state index contributed by atoms with van der Waals surface area (Å²) in [5.41, 5.74) is 3.87. The van der Waals surface area contributed by atoms with Crippen LogP contribution in [0, 0.1) is 10.1 Å². The van der Waals surface area contributed by atoms with Gasteiger partial charge in [-0.1, -0.05) is 53.7 Å². The molecule has 1 aromatic heterocycles. The molecule has 0 saturated carbocycles. The lowest BCUT2D eigenvalue weighted by Crippen LogP contribution is -2.06. The van der Waals surface area contributed by atoms with Crippen molar-refractivity contribution in [2.75, 3.05) is 0 Å². The van der Waals surface area contributed by atoms with Crippen LogP contribution in [0.2, 0.25) is 0 Å². The topological polar surface area (TPSA) is 128 Å². The van der Waals surface area contributed by atoms with Gasteiger partial charge in [-0.15, -0.1) is 5.10 Å². The van der Waals surface area contributed by atoms with E-state index in [1.165, 1.54) is 16.8 Å². The average molecular weight is 428 g/mol. The lowest BCUT2D eigenvalue weighted by Gasteiger charge is -2.04. The molecule has 0 aliphatic heterocycles. The molecule has 0 aliphatic rings. The van der Waals surface area contributed by atoms with Crippen molar-refractivity contribution in [3.8, 4) is 22.4 Å². The van der Waals surface area contributed by atoms with Crippen LogP contribution in [0.1, 0.15) is 26.3 Å². The Bertz CT molecular complexity index is 1310. The van der Waals surface area contributed by atoms with E-state index in [1.807, 2.05) is 36.4 Å². The second-order valence-electron chi connectivity index (χ2n) is 7.02. The highest BCUT2D eigenvalue weighted by molar-refractivity contribution is 5.88.